The van der Waals surface area contributed by atoms with Crippen molar-refractivity contribution >= 4 is 35.5 Å². The number of hydrogen-bond donors (Lipinski definition) is 4. The van der Waals surface area contributed by atoms with Crippen molar-refractivity contribution < 1.29 is 23.9 Å². The highest BCUT2D eigenvalue weighted by atomic mass is 35.5. The summed E-state index contributed by atoms with van der Waals surface area (Å²) in [6.45, 7) is 5.47. The summed E-state index contributed by atoms with van der Waals surface area (Å²) >= 11 is 6.33. The predicted molar refractivity (Wildman–Crippen MR) is 130 cm³/mol. The van der Waals surface area contributed by atoms with Crippen LogP contribution in [0, 0.1) is 11.8 Å². The van der Waals surface area contributed by atoms with Crippen molar-refractivity contribution in [1.29, 1.82) is 0 Å². The standard InChI is InChI=1S/C23H40ClN5O5/c1-4-33-21(31)19(29-23(32)34-13(2)3)11-14-5-8-16(9-6-14)27-20(30)15-7-10-17(24)18(12-15)28-22(25)26/h13-19H,4-12H2,1-3H3,(H,27,30)(H,29,32)(H4,25,26,28). The Morgan fingerprint density at radius 2 is 1.76 bits per heavy atom. The number of nitrogens with one attached hydrogen (secondary N) is 2. The number of ether oxygens (including phenoxy) is 2. The van der Waals surface area contributed by atoms with Crippen LogP contribution >= 0.6 is 11.6 Å². The normalized spacial score (nSPS) is 27.9. The lowest BCUT2D eigenvalue weighted by molar-refractivity contribution is -0.146. The van der Waals surface area contributed by atoms with E-state index in [9.17, 15) is 14.4 Å². The largest absolute Gasteiger partial charge is 0.464 e. The Kier molecular flexibility index (Phi) is 11.2. The summed E-state index contributed by atoms with van der Waals surface area (Å²) in [6, 6.07) is -0.916. The number of rotatable bonds is 9. The van der Waals surface area contributed by atoms with Gasteiger partial charge in [-0.2, -0.15) is 0 Å². The molecule has 0 radical (unpaired) electrons. The Balaban J connectivity index is 1.83. The highest BCUT2D eigenvalue weighted by Gasteiger charge is 2.35. The SMILES string of the molecule is CCOC(=O)C(CC1CCC(NC(=O)C2CCC(Cl)C(N=C(N)N)C2)CC1)NC(=O)OC(C)C. The maximum Gasteiger partial charge on any atom is 0.408 e. The number of halogens is 1. The van der Waals surface area contributed by atoms with Gasteiger partial charge < -0.3 is 31.6 Å². The van der Waals surface area contributed by atoms with Gasteiger partial charge in [0, 0.05) is 12.0 Å². The fourth-order valence-electron chi connectivity index (χ4n) is 4.72. The number of amides is 2. The molecule has 0 bridgehead atoms. The molecule has 2 aliphatic rings. The lowest BCUT2D eigenvalue weighted by Gasteiger charge is -2.34. The first kappa shape index (κ1) is 28.0. The molecule has 11 heteroatoms. The lowest BCUT2D eigenvalue weighted by atomic mass is 9.81. The molecule has 10 nitrogen and oxygen atoms in total. The minimum absolute atomic E-state index is 0.0110. The smallest absolute Gasteiger partial charge is 0.408 e. The molecule has 2 fully saturated rings. The average molecular weight is 502 g/mol. The molecule has 0 saturated heterocycles. The molecule has 0 aromatic carbocycles. The van der Waals surface area contributed by atoms with E-state index in [2.05, 4.69) is 15.6 Å². The third-order valence-corrected chi connectivity index (χ3v) is 6.90. The van der Waals surface area contributed by atoms with Gasteiger partial charge in [0.2, 0.25) is 5.91 Å². The Hall–Kier alpha value is -2.23. The van der Waals surface area contributed by atoms with E-state index in [1.54, 1.807) is 20.8 Å². The predicted octanol–water partition coefficient (Wildman–Crippen LogP) is 2.17. The van der Waals surface area contributed by atoms with Crippen LogP contribution in [-0.2, 0) is 19.1 Å². The maximum absolute atomic E-state index is 12.8. The molecule has 0 aromatic heterocycles. The Morgan fingerprint density at radius 1 is 1.09 bits per heavy atom. The van der Waals surface area contributed by atoms with Crippen molar-refractivity contribution in [3.8, 4) is 0 Å². The molecule has 2 aliphatic carbocycles. The van der Waals surface area contributed by atoms with Crippen LogP contribution in [-0.4, -0.2) is 60.1 Å². The van der Waals surface area contributed by atoms with E-state index in [1.807, 2.05) is 0 Å². The van der Waals surface area contributed by atoms with E-state index in [0.29, 0.717) is 25.7 Å². The van der Waals surface area contributed by atoms with Crippen LogP contribution in [0.4, 0.5) is 4.79 Å². The van der Waals surface area contributed by atoms with Crippen molar-refractivity contribution in [3.05, 3.63) is 0 Å². The van der Waals surface area contributed by atoms with E-state index < -0.39 is 18.1 Å². The number of nitrogens with zero attached hydrogens (tertiary/aromatic N) is 1. The molecule has 34 heavy (non-hydrogen) atoms. The molecule has 2 rings (SSSR count). The zero-order chi connectivity index (χ0) is 25.3. The fraction of sp³-hybridized carbons (Fsp3) is 0.826. The summed E-state index contributed by atoms with van der Waals surface area (Å²) in [5.74, 6) is -0.373. The zero-order valence-electron chi connectivity index (χ0n) is 20.4. The second-order valence-corrected chi connectivity index (χ2v) is 10.1. The second kappa shape index (κ2) is 13.6. The Bertz CT molecular complexity index is 723. The first-order chi connectivity index (χ1) is 16.1. The van der Waals surface area contributed by atoms with Crippen LogP contribution in [0.5, 0.6) is 0 Å². The molecular formula is C23H40ClN5O5. The van der Waals surface area contributed by atoms with Crippen molar-refractivity contribution in [3.63, 3.8) is 0 Å². The highest BCUT2D eigenvalue weighted by Crippen LogP contribution is 2.32. The number of guanidine groups is 1. The monoisotopic (exact) mass is 501 g/mol. The molecule has 194 valence electrons. The van der Waals surface area contributed by atoms with Crippen molar-refractivity contribution in [2.75, 3.05) is 6.61 Å². The summed E-state index contributed by atoms with van der Waals surface area (Å²) in [7, 11) is 0. The Morgan fingerprint density at radius 3 is 2.35 bits per heavy atom. The molecule has 6 N–H and O–H groups in total. The number of alkyl halides is 1. The lowest BCUT2D eigenvalue weighted by Crippen LogP contribution is -2.46. The van der Waals surface area contributed by atoms with Crippen LogP contribution < -0.4 is 22.1 Å². The van der Waals surface area contributed by atoms with E-state index in [-0.39, 0.29) is 53.9 Å². The number of aliphatic imine (C=N–C) groups is 1. The highest BCUT2D eigenvalue weighted by molar-refractivity contribution is 6.21. The molecule has 2 amide bonds. The molecular weight excluding hydrogens is 462 g/mol. The molecule has 4 atom stereocenters. The number of carbonyl (C=O) groups is 3. The van der Waals surface area contributed by atoms with Crippen molar-refractivity contribution in [2.24, 2.45) is 28.3 Å². The minimum atomic E-state index is -0.749. The molecule has 0 aromatic rings. The summed E-state index contributed by atoms with van der Waals surface area (Å²) in [5.41, 5.74) is 11.0. The first-order valence-corrected chi connectivity index (χ1v) is 12.7. The topological polar surface area (TPSA) is 158 Å². The average Bonchev–Trinajstić information content (AvgIpc) is 2.75. The number of carbonyl (C=O) groups excluding carboxylic acids is 3. The van der Waals surface area contributed by atoms with Gasteiger partial charge in [-0.15, -0.1) is 11.6 Å². The first-order valence-electron chi connectivity index (χ1n) is 12.3. The van der Waals surface area contributed by atoms with Crippen LogP contribution in [0.2, 0.25) is 0 Å². The molecule has 0 heterocycles. The van der Waals surface area contributed by atoms with Crippen LogP contribution in [0.25, 0.3) is 0 Å². The van der Waals surface area contributed by atoms with Gasteiger partial charge >= 0.3 is 12.1 Å². The van der Waals surface area contributed by atoms with E-state index in [0.717, 1.165) is 25.7 Å². The quantitative estimate of drug-likeness (QED) is 0.163. The van der Waals surface area contributed by atoms with Crippen LogP contribution in [0.3, 0.4) is 0 Å². The molecule has 0 spiro atoms. The number of esters is 1. The van der Waals surface area contributed by atoms with Crippen LogP contribution in [0.1, 0.15) is 72.1 Å². The molecule has 0 aliphatic heterocycles. The van der Waals surface area contributed by atoms with Gasteiger partial charge in [0.05, 0.1) is 24.1 Å². The van der Waals surface area contributed by atoms with Crippen molar-refractivity contribution in [2.45, 2.75) is 102 Å². The van der Waals surface area contributed by atoms with Crippen molar-refractivity contribution in [1.82, 2.24) is 10.6 Å². The fourth-order valence-corrected chi connectivity index (χ4v) is 5.00. The maximum atomic E-state index is 12.8. The molecule has 4 unspecified atom stereocenters. The van der Waals surface area contributed by atoms with Gasteiger partial charge in [-0.3, -0.25) is 4.79 Å². The molecule has 2 saturated carbocycles. The van der Waals surface area contributed by atoms with E-state index >= 15 is 0 Å². The third kappa shape index (κ3) is 9.19. The number of nitrogens with two attached hydrogens (primary N) is 2. The number of hydrogen-bond acceptors (Lipinski definition) is 6. The van der Waals surface area contributed by atoms with Gasteiger partial charge in [-0.05, 0) is 78.1 Å². The summed E-state index contributed by atoms with van der Waals surface area (Å²) in [5, 5.41) is 5.65. The number of alkyl carbamates (subject to hydrolysis) is 1. The van der Waals surface area contributed by atoms with Gasteiger partial charge in [0.25, 0.3) is 0 Å². The zero-order valence-corrected chi connectivity index (χ0v) is 21.2. The third-order valence-electron chi connectivity index (χ3n) is 6.39. The van der Waals surface area contributed by atoms with E-state index in [1.165, 1.54) is 0 Å². The summed E-state index contributed by atoms with van der Waals surface area (Å²) in [6.07, 6.45) is 4.81. The Labute approximate surface area is 206 Å². The van der Waals surface area contributed by atoms with Gasteiger partial charge in [-0.1, -0.05) is 0 Å². The van der Waals surface area contributed by atoms with Crippen LogP contribution in [0.15, 0.2) is 4.99 Å². The summed E-state index contributed by atoms with van der Waals surface area (Å²) < 4.78 is 10.2. The van der Waals surface area contributed by atoms with Gasteiger partial charge in [0.15, 0.2) is 5.96 Å². The minimum Gasteiger partial charge on any atom is -0.464 e. The second-order valence-electron chi connectivity index (χ2n) is 9.51. The summed E-state index contributed by atoms with van der Waals surface area (Å²) in [4.78, 5) is 41.4. The van der Waals surface area contributed by atoms with Gasteiger partial charge in [-0.25, -0.2) is 14.6 Å². The van der Waals surface area contributed by atoms with E-state index in [4.69, 9.17) is 32.5 Å². The van der Waals surface area contributed by atoms with Gasteiger partial charge in [0.1, 0.15) is 6.04 Å².